The second kappa shape index (κ2) is 8.75. The van der Waals surface area contributed by atoms with Gasteiger partial charge in [0.1, 0.15) is 11.1 Å². The zero-order chi connectivity index (χ0) is 20.1. The van der Waals surface area contributed by atoms with Gasteiger partial charge in [-0.1, -0.05) is 11.8 Å². The van der Waals surface area contributed by atoms with Gasteiger partial charge in [0.25, 0.3) is 0 Å². The van der Waals surface area contributed by atoms with E-state index >= 15 is 0 Å². The number of hydrogen-bond acceptors (Lipinski definition) is 6. The molecule has 146 valence electrons. The summed E-state index contributed by atoms with van der Waals surface area (Å²) in [5, 5.41) is 5.15. The van der Waals surface area contributed by atoms with Crippen LogP contribution < -0.4 is 20.1 Å². The van der Waals surface area contributed by atoms with E-state index in [1.165, 1.54) is 38.5 Å². The predicted octanol–water partition coefficient (Wildman–Crippen LogP) is 3.09. The van der Waals surface area contributed by atoms with Crippen LogP contribution in [-0.2, 0) is 9.59 Å². The van der Waals surface area contributed by atoms with Crippen molar-refractivity contribution in [1.29, 1.82) is 0 Å². The van der Waals surface area contributed by atoms with Crippen molar-refractivity contribution in [2.24, 2.45) is 4.99 Å². The van der Waals surface area contributed by atoms with E-state index < -0.39 is 5.25 Å². The summed E-state index contributed by atoms with van der Waals surface area (Å²) in [5.74, 6) is 0.0582. The molecule has 1 atom stereocenters. The van der Waals surface area contributed by atoms with E-state index in [1.807, 2.05) is 0 Å². The largest absolute Gasteiger partial charge is 0.493 e. The van der Waals surface area contributed by atoms with Gasteiger partial charge >= 0.3 is 0 Å². The van der Waals surface area contributed by atoms with Crippen LogP contribution in [0.1, 0.15) is 6.42 Å². The Morgan fingerprint density at radius 2 is 1.89 bits per heavy atom. The summed E-state index contributed by atoms with van der Waals surface area (Å²) in [6, 6.07) is 10.6. The number of amides is 2. The van der Waals surface area contributed by atoms with Gasteiger partial charge in [-0.15, -0.1) is 0 Å². The van der Waals surface area contributed by atoms with Gasteiger partial charge in [0.05, 0.1) is 19.9 Å². The fraction of sp³-hybridized carbons (Fsp3) is 0.211. The van der Waals surface area contributed by atoms with Crippen molar-refractivity contribution in [3.8, 4) is 11.5 Å². The van der Waals surface area contributed by atoms with Gasteiger partial charge in [-0.25, -0.2) is 9.38 Å². The molecule has 0 aliphatic carbocycles. The van der Waals surface area contributed by atoms with Crippen molar-refractivity contribution in [1.82, 2.24) is 5.32 Å². The number of nitrogens with one attached hydrogen (secondary N) is 2. The Bertz CT molecular complexity index is 918. The number of thioether (sulfide) groups is 1. The highest BCUT2D eigenvalue weighted by atomic mass is 32.2. The average Bonchev–Trinajstić information content (AvgIpc) is 3.02. The Balaban J connectivity index is 1.61. The van der Waals surface area contributed by atoms with Crippen molar-refractivity contribution in [2.45, 2.75) is 11.7 Å². The van der Waals surface area contributed by atoms with Crippen LogP contribution >= 0.6 is 11.8 Å². The Morgan fingerprint density at radius 3 is 2.57 bits per heavy atom. The van der Waals surface area contributed by atoms with Crippen LogP contribution in [0.2, 0.25) is 0 Å². The van der Waals surface area contributed by atoms with Gasteiger partial charge in [0.15, 0.2) is 16.7 Å². The summed E-state index contributed by atoms with van der Waals surface area (Å²) in [6.07, 6.45) is -0.0206. The first kappa shape index (κ1) is 19.7. The first-order valence-electron chi connectivity index (χ1n) is 8.32. The lowest BCUT2D eigenvalue weighted by atomic mass is 10.2. The predicted molar refractivity (Wildman–Crippen MR) is 106 cm³/mol. The molecule has 0 bridgehead atoms. The molecular formula is C19H18FN3O4S. The Labute approximate surface area is 165 Å². The molecule has 28 heavy (non-hydrogen) atoms. The number of methoxy groups -OCH3 is 2. The van der Waals surface area contributed by atoms with Crippen molar-refractivity contribution in [3.63, 3.8) is 0 Å². The maximum absolute atomic E-state index is 13.0. The minimum absolute atomic E-state index is 0.0206. The Morgan fingerprint density at radius 1 is 1.18 bits per heavy atom. The molecule has 1 saturated heterocycles. The molecule has 0 radical (unpaired) electrons. The van der Waals surface area contributed by atoms with E-state index in [4.69, 9.17) is 9.47 Å². The number of nitrogens with zero attached hydrogens (tertiary/aromatic N) is 1. The first-order chi connectivity index (χ1) is 13.5. The number of carbonyl (C=O) groups excluding carboxylic acids is 2. The molecule has 1 heterocycles. The van der Waals surface area contributed by atoms with Crippen molar-refractivity contribution >= 4 is 40.1 Å². The minimum atomic E-state index is -0.598. The molecular weight excluding hydrogens is 385 g/mol. The number of anilines is 1. The van der Waals surface area contributed by atoms with Crippen LogP contribution in [0.15, 0.2) is 47.5 Å². The number of rotatable bonds is 6. The topological polar surface area (TPSA) is 89.0 Å². The number of carbonyl (C=O) groups is 2. The molecule has 1 aliphatic heterocycles. The second-order valence-electron chi connectivity index (χ2n) is 5.81. The molecule has 7 nitrogen and oxygen atoms in total. The van der Waals surface area contributed by atoms with E-state index in [0.29, 0.717) is 28.0 Å². The molecule has 2 amide bonds. The summed E-state index contributed by atoms with van der Waals surface area (Å²) in [4.78, 5) is 28.7. The van der Waals surface area contributed by atoms with E-state index in [2.05, 4.69) is 15.6 Å². The fourth-order valence-corrected chi connectivity index (χ4v) is 3.51. The summed E-state index contributed by atoms with van der Waals surface area (Å²) in [7, 11) is 3.03. The number of aliphatic imine (C=N–C) groups is 1. The molecule has 0 spiro atoms. The highest BCUT2D eigenvalue weighted by molar-refractivity contribution is 8.15. The third-order valence-corrected chi connectivity index (χ3v) is 4.95. The number of halogens is 1. The zero-order valence-electron chi connectivity index (χ0n) is 15.2. The minimum Gasteiger partial charge on any atom is -0.493 e. The maximum Gasteiger partial charge on any atom is 0.240 e. The third kappa shape index (κ3) is 4.80. The first-order valence-corrected chi connectivity index (χ1v) is 9.20. The lowest BCUT2D eigenvalue weighted by Crippen LogP contribution is -2.28. The number of benzene rings is 2. The monoisotopic (exact) mass is 403 g/mol. The van der Waals surface area contributed by atoms with Gasteiger partial charge in [-0.2, -0.15) is 0 Å². The zero-order valence-corrected chi connectivity index (χ0v) is 16.0. The van der Waals surface area contributed by atoms with Crippen LogP contribution in [0, 0.1) is 5.82 Å². The van der Waals surface area contributed by atoms with E-state index in [9.17, 15) is 14.0 Å². The highest BCUT2D eigenvalue weighted by Crippen LogP contribution is 2.30. The van der Waals surface area contributed by atoms with E-state index in [1.54, 1.807) is 18.2 Å². The standard InChI is InChI=1S/C19H18FN3O4S/c1-26-14-8-7-13(9-15(14)27-2)21-17(24)10-16-18(25)23-19(28-16)22-12-5-3-11(20)4-6-12/h3-9,16H,10H2,1-2H3,(H,21,24)(H,22,23,25)/t16-/m1/s1. The number of hydrogen-bond donors (Lipinski definition) is 2. The molecule has 9 heteroatoms. The Hall–Kier alpha value is -3.07. The molecule has 2 N–H and O–H groups in total. The Kier molecular flexibility index (Phi) is 6.15. The number of ether oxygens (including phenoxy) is 2. The van der Waals surface area contributed by atoms with Crippen LogP contribution in [0.3, 0.4) is 0 Å². The smallest absolute Gasteiger partial charge is 0.240 e. The van der Waals surface area contributed by atoms with Crippen LogP contribution in [0.25, 0.3) is 0 Å². The van der Waals surface area contributed by atoms with Gasteiger partial charge in [0, 0.05) is 18.2 Å². The maximum atomic E-state index is 13.0. The molecule has 0 saturated carbocycles. The number of amidine groups is 1. The van der Waals surface area contributed by atoms with Gasteiger partial charge in [-0.3, -0.25) is 9.59 Å². The summed E-state index contributed by atoms with van der Waals surface area (Å²) >= 11 is 1.16. The SMILES string of the molecule is COc1ccc(NC(=O)C[C@H]2SC(=Nc3ccc(F)cc3)NC2=O)cc1OC. The molecule has 2 aromatic rings. The fourth-order valence-electron chi connectivity index (χ4n) is 2.52. The lowest BCUT2D eigenvalue weighted by molar-refractivity contribution is -0.122. The highest BCUT2D eigenvalue weighted by Gasteiger charge is 2.32. The molecule has 1 aliphatic rings. The average molecular weight is 403 g/mol. The van der Waals surface area contributed by atoms with E-state index in [-0.39, 0.29) is 24.1 Å². The summed E-state index contributed by atoms with van der Waals surface area (Å²) in [5.41, 5.74) is 1.05. The molecule has 2 aromatic carbocycles. The van der Waals surface area contributed by atoms with Crippen molar-refractivity contribution < 1.29 is 23.5 Å². The summed E-state index contributed by atoms with van der Waals surface area (Å²) < 4.78 is 23.3. The molecule has 0 unspecified atom stereocenters. The van der Waals surface area contributed by atoms with Crippen LogP contribution in [0.5, 0.6) is 11.5 Å². The van der Waals surface area contributed by atoms with Crippen LogP contribution in [-0.4, -0.2) is 36.5 Å². The molecule has 3 rings (SSSR count). The van der Waals surface area contributed by atoms with Crippen molar-refractivity contribution in [2.75, 3.05) is 19.5 Å². The molecule has 0 aromatic heterocycles. The van der Waals surface area contributed by atoms with Gasteiger partial charge in [-0.05, 0) is 36.4 Å². The quantitative estimate of drug-likeness (QED) is 0.774. The van der Waals surface area contributed by atoms with Gasteiger partial charge < -0.3 is 20.1 Å². The lowest BCUT2D eigenvalue weighted by Gasteiger charge is -2.11. The van der Waals surface area contributed by atoms with Crippen LogP contribution in [0.4, 0.5) is 15.8 Å². The van der Waals surface area contributed by atoms with E-state index in [0.717, 1.165) is 11.8 Å². The normalized spacial score (nSPS) is 17.3. The second-order valence-corrected chi connectivity index (χ2v) is 7.00. The van der Waals surface area contributed by atoms with Crippen molar-refractivity contribution in [3.05, 3.63) is 48.3 Å². The third-order valence-electron chi connectivity index (χ3n) is 3.87. The molecule has 1 fully saturated rings. The van der Waals surface area contributed by atoms with Gasteiger partial charge in [0.2, 0.25) is 11.8 Å². The summed E-state index contributed by atoms with van der Waals surface area (Å²) in [6.45, 7) is 0.